The Morgan fingerprint density at radius 2 is 0.950 bits per heavy atom. The predicted molar refractivity (Wildman–Crippen MR) is 131 cm³/mol. The first-order valence-electron chi connectivity index (χ1n) is 11.3. The number of nitrogens with zero attached hydrogens (tertiary/aromatic N) is 2. The number of carbonyl (C=O) groups excluding carboxylic acids is 1. The molecule has 0 saturated heterocycles. The normalized spacial score (nSPS) is 10.7. The van der Waals surface area contributed by atoms with Gasteiger partial charge in [-0.1, -0.05) is 0 Å². The van der Waals surface area contributed by atoms with Gasteiger partial charge in [0.05, 0.1) is 9.85 Å². The molecule has 4 aromatic carbocycles. The first-order chi connectivity index (χ1) is 19.0. The third-order valence-electron chi connectivity index (χ3n) is 5.53. The fourth-order valence-electron chi connectivity index (χ4n) is 3.90. The number of non-ortho nitro benzene ring substituents is 2. The van der Waals surface area contributed by atoms with Gasteiger partial charge in [0.1, 0.15) is 34.8 Å². The van der Waals surface area contributed by atoms with E-state index >= 15 is 0 Å². The molecule has 9 nitrogen and oxygen atoms in total. The first kappa shape index (κ1) is 27.7. The second-order valence-corrected chi connectivity index (χ2v) is 8.46. The van der Waals surface area contributed by atoms with Crippen molar-refractivity contribution in [1.82, 2.24) is 0 Å². The Morgan fingerprint density at radius 3 is 1.27 bits per heavy atom. The van der Waals surface area contributed by atoms with Gasteiger partial charge in [-0.05, 0) is 47.5 Å². The van der Waals surface area contributed by atoms with Crippen molar-refractivity contribution in [3.05, 3.63) is 139 Å². The summed E-state index contributed by atoms with van der Waals surface area (Å²) < 4.78 is 65.1. The van der Waals surface area contributed by atoms with Gasteiger partial charge < -0.3 is 9.47 Å². The molecule has 0 atom stereocenters. The van der Waals surface area contributed by atoms with Crippen molar-refractivity contribution < 1.29 is 41.7 Å². The molecule has 4 rings (SSSR count). The Bertz CT molecular complexity index is 1490. The van der Waals surface area contributed by atoms with Crippen molar-refractivity contribution in [1.29, 1.82) is 0 Å². The Hall–Kier alpha value is -5.33. The number of hydrogen-bond donors (Lipinski definition) is 0. The van der Waals surface area contributed by atoms with Crippen LogP contribution in [0.3, 0.4) is 0 Å². The quantitative estimate of drug-likeness (QED) is 0.0767. The number of rotatable bonds is 8. The van der Waals surface area contributed by atoms with Crippen molar-refractivity contribution in [2.75, 3.05) is 0 Å². The fourth-order valence-corrected chi connectivity index (χ4v) is 3.90. The lowest BCUT2D eigenvalue weighted by atomic mass is 10.0. The maximum Gasteiger partial charge on any atom is 0.519 e. The number of nitro benzene ring substituents is 2. The Morgan fingerprint density at radius 1 is 0.600 bits per heavy atom. The van der Waals surface area contributed by atoms with Crippen LogP contribution in [0.1, 0.15) is 22.3 Å². The third kappa shape index (κ3) is 6.95. The molecule has 0 spiro atoms. The maximum absolute atomic E-state index is 13.7. The van der Waals surface area contributed by atoms with E-state index in [0.717, 1.165) is 60.7 Å². The molecule has 0 unspecified atom stereocenters. The summed E-state index contributed by atoms with van der Waals surface area (Å²) in [5, 5.41) is 22.5. The van der Waals surface area contributed by atoms with Gasteiger partial charge in [0, 0.05) is 60.4 Å². The van der Waals surface area contributed by atoms with Crippen LogP contribution < -0.4 is 9.47 Å². The molecule has 0 saturated carbocycles. The summed E-state index contributed by atoms with van der Waals surface area (Å²) in [5.74, 6) is -3.98. The molecule has 0 fully saturated rings. The van der Waals surface area contributed by atoms with Crippen molar-refractivity contribution >= 4 is 17.5 Å². The summed E-state index contributed by atoms with van der Waals surface area (Å²) in [6.07, 6.45) is -1.87. The molecule has 0 aliphatic rings. The third-order valence-corrected chi connectivity index (χ3v) is 5.53. The number of halogens is 4. The number of nitro groups is 2. The number of carbonyl (C=O) groups is 1. The molecule has 0 bridgehead atoms. The van der Waals surface area contributed by atoms with Crippen LogP contribution in [0.4, 0.5) is 33.7 Å². The molecule has 0 radical (unpaired) electrons. The van der Waals surface area contributed by atoms with E-state index in [-0.39, 0.29) is 58.0 Å². The molecule has 13 heteroatoms. The second kappa shape index (κ2) is 11.6. The highest BCUT2D eigenvalue weighted by Gasteiger charge is 2.20. The van der Waals surface area contributed by atoms with Crippen molar-refractivity contribution in [3.8, 4) is 11.5 Å². The van der Waals surface area contributed by atoms with E-state index in [0.29, 0.717) is 12.1 Å². The zero-order valence-electron chi connectivity index (χ0n) is 20.1. The molecular formula is C27H16F4N2O7. The van der Waals surface area contributed by atoms with E-state index in [4.69, 9.17) is 9.47 Å². The predicted octanol–water partition coefficient (Wildman–Crippen LogP) is 6.82. The summed E-state index contributed by atoms with van der Waals surface area (Å²) in [4.78, 5) is 33.8. The van der Waals surface area contributed by atoms with Crippen molar-refractivity contribution in [2.45, 2.75) is 12.8 Å². The lowest BCUT2D eigenvalue weighted by molar-refractivity contribution is -0.385. The van der Waals surface area contributed by atoms with Crippen LogP contribution in [-0.2, 0) is 12.8 Å². The van der Waals surface area contributed by atoms with Crippen molar-refractivity contribution in [3.63, 3.8) is 0 Å². The molecule has 0 heterocycles. The minimum absolute atomic E-state index is 0.0234. The van der Waals surface area contributed by atoms with Gasteiger partial charge in [-0.3, -0.25) is 20.2 Å². The highest BCUT2D eigenvalue weighted by atomic mass is 19.1. The molecule has 0 amide bonds. The molecule has 40 heavy (non-hydrogen) atoms. The van der Waals surface area contributed by atoms with Gasteiger partial charge in [0.2, 0.25) is 0 Å². The second-order valence-electron chi connectivity index (χ2n) is 8.46. The highest BCUT2D eigenvalue weighted by molar-refractivity contribution is 5.69. The minimum atomic E-state index is -1.36. The summed E-state index contributed by atoms with van der Waals surface area (Å²) in [6, 6.07) is 11.7. The van der Waals surface area contributed by atoms with E-state index in [2.05, 4.69) is 0 Å². The van der Waals surface area contributed by atoms with Crippen LogP contribution in [0.5, 0.6) is 11.5 Å². The average molecular weight is 556 g/mol. The summed E-state index contributed by atoms with van der Waals surface area (Å²) >= 11 is 0. The summed E-state index contributed by atoms with van der Waals surface area (Å²) in [5.41, 5.74) is -0.529. The van der Waals surface area contributed by atoms with E-state index in [1.165, 1.54) is 0 Å². The van der Waals surface area contributed by atoms with E-state index < -0.39 is 39.3 Å². The van der Waals surface area contributed by atoms with Gasteiger partial charge >= 0.3 is 6.16 Å². The van der Waals surface area contributed by atoms with E-state index in [1.54, 1.807) is 0 Å². The molecule has 0 N–H and O–H groups in total. The van der Waals surface area contributed by atoms with E-state index in [9.17, 15) is 42.6 Å². The van der Waals surface area contributed by atoms with Gasteiger partial charge in [0.15, 0.2) is 0 Å². The average Bonchev–Trinajstić information content (AvgIpc) is 2.84. The minimum Gasteiger partial charge on any atom is -0.394 e. The number of hydrogen-bond acceptors (Lipinski definition) is 7. The number of ether oxygens (including phenoxy) is 2. The van der Waals surface area contributed by atoms with Gasteiger partial charge in [-0.25, -0.2) is 22.4 Å². The molecule has 0 aliphatic carbocycles. The largest absolute Gasteiger partial charge is 0.519 e. The molecule has 4 aromatic rings. The van der Waals surface area contributed by atoms with Gasteiger partial charge in [-0.2, -0.15) is 0 Å². The van der Waals surface area contributed by atoms with Gasteiger partial charge in [-0.15, -0.1) is 0 Å². The topological polar surface area (TPSA) is 122 Å². The van der Waals surface area contributed by atoms with Crippen LogP contribution in [0.15, 0.2) is 72.8 Å². The zero-order chi connectivity index (χ0) is 29.0. The monoisotopic (exact) mass is 556 g/mol. The molecular weight excluding hydrogens is 540 g/mol. The zero-order valence-corrected chi connectivity index (χ0v) is 20.1. The standard InChI is InChI=1S/C27H16F4N2O7/c28-19-7-15(8-20(29)13-19)5-17-11-23(32(35)36)1-3-25(17)39-27(34)40-26-4-2-24(33(37)38)12-18(26)6-16-9-21(30)14-22(31)10-16/h1-4,7-14H,5-6H2. The van der Waals surface area contributed by atoms with Crippen LogP contribution in [0.2, 0.25) is 0 Å². The molecule has 0 aliphatic heterocycles. The van der Waals surface area contributed by atoms with Crippen LogP contribution in [0.25, 0.3) is 0 Å². The molecule has 0 aromatic heterocycles. The fraction of sp³-hybridized carbons (Fsp3) is 0.0741. The first-order valence-corrected chi connectivity index (χ1v) is 11.3. The smallest absolute Gasteiger partial charge is 0.394 e. The Kier molecular flexibility index (Phi) is 8.03. The van der Waals surface area contributed by atoms with Crippen molar-refractivity contribution in [2.24, 2.45) is 0 Å². The highest BCUT2D eigenvalue weighted by Crippen LogP contribution is 2.30. The SMILES string of the molecule is O=C(Oc1ccc([N+](=O)[O-])cc1Cc1cc(F)cc(F)c1)Oc1ccc([N+](=O)[O-])cc1Cc1cc(F)cc(F)c1. The van der Waals surface area contributed by atoms with Gasteiger partial charge in [0.25, 0.3) is 11.4 Å². The summed E-state index contributed by atoms with van der Waals surface area (Å²) in [6.45, 7) is 0. The number of benzene rings is 4. The van der Waals surface area contributed by atoms with Crippen LogP contribution in [0, 0.1) is 43.5 Å². The Labute approximate surface area is 222 Å². The summed E-state index contributed by atoms with van der Waals surface area (Å²) in [7, 11) is 0. The molecule has 204 valence electrons. The lowest BCUT2D eigenvalue weighted by Crippen LogP contribution is -2.16. The lowest BCUT2D eigenvalue weighted by Gasteiger charge is -2.13. The van der Waals surface area contributed by atoms with Crippen LogP contribution in [-0.4, -0.2) is 16.0 Å². The van der Waals surface area contributed by atoms with E-state index in [1.807, 2.05) is 0 Å². The maximum atomic E-state index is 13.7. The van der Waals surface area contributed by atoms with Crippen LogP contribution >= 0.6 is 0 Å². The Balaban J connectivity index is 1.62.